The van der Waals surface area contributed by atoms with Crippen LogP contribution in [0.1, 0.15) is 30.6 Å². The Labute approximate surface area is 125 Å². The highest BCUT2D eigenvalue weighted by Gasteiger charge is 2.14. The van der Waals surface area contributed by atoms with Crippen LogP contribution in [-0.4, -0.2) is 18.5 Å². The molecule has 0 saturated carbocycles. The minimum absolute atomic E-state index is 0.0234. The zero-order valence-corrected chi connectivity index (χ0v) is 13.7. The van der Waals surface area contributed by atoms with Gasteiger partial charge in [-0.2, -0.15) is 0 Å². The number of halogens is 2. The van der Waals surface area contributed by atoms with Gasteiger partial charge < -0.3 is 11.1 Å². The normalized spacial score (nSPS) is 12.6. The molecule has 5 heteroatoms. The highest BCUT2D eigenvalue weighted by molar-refractivity contribution is 9.11. The van der Waals surface area contributed by atoms with Gasteiger partial charge in [0.25, 0.3) is 5.91 Å². The molecule has 1 atom stereocenters. The number of benzene rings is 1. The summed E-state index contributed by atoms with van der Waals surface area (Å²) in [4.78, 5) is 12.1. The maximum atomic E-state index is 12.1. The minimum Gasteiger partial charge on any atom is -0.348 e. The monoisotopic (exact) mass is 376 g/mol. The number of hydrogen-bond acceptors (Lipinski definition) is 2. The SMILES string of the molecule is CC(C)CC(CN)NC(=O)c1cc(Br)cc(Br)c1. The van der Waals surface area contributed by atoms with Crippen LogP contribution < -0.4 is 11.1 Å². The maximum absolute atomic E-state index is 12.1. The molecule has 1 aromatic carbocycles. The molecule has 0 radical (unpaired) electrons. The summed E-state index contributed by atoms with van der Waals surface area (Å²) < 4.78 is 1.74. The summed E-state index contributed by atoms with van der Waals surface area (Å²) in [5, 5.41) is 2.96. The summed E-state index contributed by atoms with van der Waals surface area (Å²) in [6.45, 7) is 4.69. The van der Waals surface area contributed by atoms with Crippen molar-refractivity contribution in [3.63, 3.8) is 0 Å². The van der Waals surface area contributed by atoms with Crippen LogP contribution in [0.3, 0.4) is 0 Å². The molecule has 0 spiro atoms. The predicted octanol–water partition coefficient (Wildman–Crippen LogP) is 3.31. The molecule has 0 bridgehead atoms. The van der Waals surface area contributed by atoms with Crippen molar-refractivity contribution >= 4 is 37.8 Å². The van der Waals surface area contributed by atoms with Gasteiger partial charge in [0, 0.05) is 27.1 Å². The van der Waals surface area contributed by atoms with Gasteiger partial charge in [0.2, 0.25) is 0 Å². The standard InChI is InChI=1S/C13H18Br2N2O/c1-8(2)3-12(7-16)17-13(18)9-4-10(14)6-11(15)5-9/h4-6,8,12H,3,7,16H2,1-2H3,(H,17,18). The van der Waals surface area contributed by atoms with E-state index in [1.807, 2.05) is 6.07 Å². The fourth-order valence-electron chi connectivity index (χ4n) is 1.74. The quantitative estimate of drug-likeness (QED) is 0.826. The first kappa shape index (κ1) is 15.7. The molecule has 1 unspecified atom stereocenters. The lowest BCUT2D eigenvalue weighted by Gasteiger charge is -2.19. The molecule has 0 heterocycles. The second-order valence-corrected chi connectivity index (χ2v) is 6.53. The van der Waals surface area contributed by atoms with Gasteiger partial charge in [0.1, 0.15) is 0 Å². The van der Waals surface area contributed by atoms with Crippen LogP contribution in [-0.2, 0) is 0 Å². The Morgan fingerprint density at radius 2 is 1.83 bits per heavy atom. The summed E-state index contributed by atoms with van der Waals surface area (Å²) >= 11 is 6.74. The Morgan fingerprint density at radius 3 is 2.28 bits per heavy atom. The summed E-state index contributed by atoms with van der Waals surface area (Å²) in [6.07, 6.45) is 0.886. The largest absolute Gasteiger partial charge is 0.348 e. The van der Waals surface area contributed by atoms with E-state index in [-0.39, 0.29) is 11.9 Å². The highest BCUT2D eigenvalue weighted by atomic mass is 79.9. The maximum Gasteiger partial charge on any atom is 0.251 e. The fourth-order valence-corrected chi connectivity index (χ4v) is 3.03. The average molecular weight is 378 g/mol. The third-order valence-corrected chi connectivity index (χ3v) is 3.42. The first-order valence-corrected chi connectivity index (χ1v) is 7.48. The van der Waals surface area contributed by atoms with Crippen molar-refractivity contribution in [1.82, 2.24) is 5.32 Å². The predicted molar refractivity (Wildman–Crippen MR) is 81.6 cm³/mol. The van der Waals surface area contributed by atoms with E-state index in [0.29, 0.717) is 18.0 Å². The minimum atomic E-state index is -0.0897. The van der Waals surface area contributed by atoms with Gasteiger partial charge in [0.05, 0.1) is 0 Å². The van der Waals surface area contributed by atoms with E-state index in [0.717, 1.165) is 15.4 Å². The molecular formula is C13H18Br2N2O. The third-order valence-electron chi connectivity index (χ3n) is 2.50. The lowest BCUT2D eigenvalue weighted by Crippen LogP contribution is -2.41. The lowest BCUT2D eigenvalue weighted by atomic mass is 10.0. The Balaban J connectivity index is 2.74. The summed E-state index contributed by atoms with van der Waals surface area (Å²) in [7, 11) is 0. The van der Waals surface area contributed by atoms with Crippen molar-refractivity contribution in [3.05, 3.63) is 32.7 Å². The van der Waals surface area contributed by atoms with Crippen LogP contribution in [0.5, 0.6) is 0 Å². The highest BCUT2D eigenvalue weighted by Crippen LogP contribution is 2.20. The van der Waals surface area contributed by atoms with E-state index in [2.05, 4.69) is 51.0 Å². The number of amides is 1. The zero-order valence-electron chi connectivity index (χ0n) is 10.5. The topological polar surface area (TPSA) is 55.1 Å². The molecule has 1 amide bonds. The van der Waals surface area contributed by atoms with Gasteiger partial charge in [-0.25, -0.2) is 0 Å². The lowest BCUT2D eigenvalue weighted by molar-refractivity contribution is 0.0933. The van der Waals surface area contributed by atoms with Crippen molar-refractivity contribution in [2.24, 2.45) is 11.7 Å². The molecule has 3 N–H and O–H groups in total. The zero-order chi connectivity index (χ0) is 13.7. The Bertz CT molecular complexity index is 401. The molecule has 0 aliphatic rings. The molecule has 0 aliphatic carbocycles. The first-order valence-electron chi connectivity index (χ1n) is 5.89. The number of rotatable bonds is 5. The Hall–Kier alpha value is -0.390. The Kier molecular flexibility index (Phi) is 6.32. The number of carbonyl (C=O) groups excluding carboxylic acids is 1. The first-order chi connectivity index (χ1) is 8.42. The van der Waals surface area contributed by atoms with Crippen LogP contribution in [0.4, 0.5) is 0 Å². The van der Waals surface area contributed by atoms with Crippen molar-refractivity contribution in [1.29, 1.82) is 0 Å². The number of carbonyl (C=O) groups is 1. The van der Waals surface area contributed by atoms with E-state index < -0.39 is 0 Å². The van der Waals surface area contributed by atoms with Crippen molar-refractivity contribution in [2.75, 3.05) is 6.54 Å². The summed E-state index contributed by atoms with van der Waals surface area (Å²) in [6, 6.07) is 5.51. The smallest absolute Gasteiger partial charge is 0.251 e. The van der Waals surface area contributed by atoms with Crippen molar-refractivity contribution in [2.45, 2.75) is 26.3 Å². The molecule has 1 aromatic rings. The molecule has 100 valence electrons. The molecule has 0 fully saturated rings. The molecule has 3 nitrogen and oxygen atoms in total. The van der Waals surface area contributed by atoms with Crippen LogP contribution in [0.25, 0.3) is 0 Å². The van der Waals surface area contributed by atoms with Gasteiger partial charge in [-0.1, -0.05) is 45.7 Å². The molecule has 1 rings (SSSR count). The second kappa shape index (κ2) is 7.26. The van der Waals surface area contributed by atoms with Crippen molar-refractivity contribution in [3.8, 4) is 0 Å². The van der Waals surface area contributed by atoms with Crippen LogP contribution in [0.2, 0.25) is 0 Å². The summed E-state index contributed by atoms with van der Waals surface area (Å²) in [5.41, 5.74) is 6.30. The van der Waals surface area contributed by atoms with Gasteiger partial charge in [-0.3, -0.25) is 4.79 Å². The van der Waals surface area contributed by atoms with E-state index >= 15 is 0 Å². The summed E-state index contributed by atoms with van der Waals surface area (Å²) in [5.74, 6) is 0.418. The molecule has 0 saturated heterocycles. The van der Waals surface area contributed by atoms with Gasteiger partial charge in [0.15, 0.2) is 0 Å². The van der Waals surface area contributed by atoms with Crippen LogP contribution in [0.15, 0.2) is 27.1 Å². The number of hydrogen-bond donors (Lipinski definition) is 2. The van der Waals surface area contributed by atoms with Gasteiger partial charge in [-0.05, 0) is 30.5 Å². The van der Waals surface area contributed by atoms with E-state index in [1.54, 1.807) is 12.1 Å². The number of nitrogens with one attached hydrogen (secondary N) is 1. The fraction of sp³-hybridized carbons (Fsp3) is 0.462. The molecule has 0 aliphatic heterocycles. The average Bonchev–Trinajstić information content (AvgIpc) is 2.26. The van der Waals surface area contributed by atoms with Crippen molar-refractivity contribution < 1.29 is 4.79 Å². The number of nitrogens with two attached hydrogens (primary N) is 1. The second-order valence-electron chi connectivity index (χ2n) is 4.69. The van der Waals surface area contributed by atoms with Crippen LogP contribution in [0, 0.1) is 5.92 Å². The van der Waals surface area contributed by atoms with Crippen LogP contribution >= 0.6 is 31.9 Å². The van der Waals surface area contributed by atoms with E-state index in [1.165, 1.54) is 0 Å². The van der Waals surface area contributed by atoms with Gasteiger partial charge in [-0.15, -0.1) is 0 Å². The third kappa shape index (κ3) is 5.08. The van der Waals surface area contributed by atoms with Gasteiger partial charge >= 0.3 is 0 Å². The molecule has 0 aromatic heterocycles. The molecular weight excluding hydrogens is 360 g/mol. The van der Waals surface area contributed by atoms with E-state index in [4.69, 9.17) is 5.73 Å². The van der Waals surface area contributed by atoms with E-state index in [9.17, 15) is 4.79 Å². The Morgan fingerprint density at radius 1 is 1.28 bits per heavy atom. The molecule has 18 heavy (non-hydrogen) atoms.